The predicted octanol–water partition coefficient (Wildman–Crippen LogP) is 2.48. The van der Waals surface area contributed by atoms with Gasteiger partial charge in [0.05, 0.1) is 18.6 Å². The van der Waals surface area contributed by atoms with E-state index in [4.69, 9.17) is 17.0 Å². The predicted molar refractivity (Wildman–Crippen MR) is 106 cm³/mol. The molecule has 1 aliphatic heterocycles. The number of hydrogen-bond acceptors (Lipinski definition) is 5. The molecule has 0 saturated carbocycles. The van der Waals surface area contributed by atoms with Gasteiger partial charge in [-0.15, -0.1) is 0 Å². The molecule has 8 heteroatoms. The highest BCUT2D eigenvalue weighted by molar-refractivity contribution is 7.91. The van der Waals surface area contributed by atoms with Crippen molar-refractivity contribution in [3.8, 4) is 5.75 Å². The zero-order valence-electron chi connectivity index (χ0n) is 14.5. The molecule has 0 radical (unpaired) electrons. The summed E-state index contributed by atoms with van der Waals surface area (Å²) < 4.78 is 29.1. The third-order valence-electron chi connectivity index (χ3n) is 4.31. The highest BCUT2D eigenvalue weighted by Crippen LogP contribution is 2.22. The second-order valence-corrected chi connectivity index (χ2v) is 8.82. The maximum atomic E-state index is 11.9. The minimum atomic E-state index is -3.01. The van der Waals surface area contributed by atoms with Gasteiger partial charge in [0.1, 0.15) is 5.75 Å². The summed E-state index contributed by atoms with van der Waals surface area (Å²) in [6, 6.07) is 11.1. The normalized spacial score (nSPS) is 18.3. The summed E-state index contributed by atoms with van der Waals surface area (Å²) in [5.41, 5.74) is 1.78. The Kier molecular flexibility index (Phi) is 5.73. The first-order valence-corrected chi connectivity index (χ1v) is 10.5. The van der Waals surface area contributed by atoms with Crippen molar-refractivity contribution in [1.82, 2.24) is 9.88 Å². The van der Waals surface area contributed by atoms with Crippen molar-refractivity contribution in [3.63, 3.8) is 0 Å². The van der Waals surface area contributed by atoms with Crippen molar-refractivity contribution < 1.29 is 13.2 Å². The number of nitrogens with zero attached hydrogens (tertiary/aromatic N) is 2. The van der Waals surface area contributed by atoms with Crippen molar-refractivity contribution in [2.45, 2.75) is 19.0 Å². The van der Waals surface area contributed by atoms with Crippen LogP contribution in [-0.2, 0) is 16.4 Å². The van der Waals surface area contributed by atoms with Crippen molar-refractivity contribution in [1.29, 1.82) is 0 Å². The number of ether oxygens (including phenoxy) is 1. The van der Waals surface area contributed by atoms with Crippen LogP contribution in [0.1, 0.15) is 12.0 Å². The summed E-state index contributed by atoms with van der Waals surface area (Å²) in [7, 11) is -1.41. The van der Waals surface area contributed by atoms with Crippen LogP contribution in [0.25, 0.3) is 0 Å². The van der Waals surface area contributed by atoms with E-state index in [9.17, 15) is 8.42 Å². The van der Waals surface area contributed by atoms with Crippen molar-refractivity contribution in [3.05, 3.63) is 54.4 Å². The Morgan fingerprint density at radius 1 is 1.38 bits per heavy atom. The molecular formula is C18H21N3O3S2. The third kappa shape index (κ3) is 4.70. The average molecular weight is 392 g/mol. The molecule has 1 saturated heterocycles. The minimum Gasteiger partial charge on any atom is -0.497 e. The number of pyridine rings is 1. The van der Waals surface area contributed by atoms with E-state index >= 15 is 0 Å². The molecule has 3 rings (SSSR count). The van der Waals surface area contributed by atoms with Crippen molar-refractivity contribution in [2.75, 3.05) is 23.9 Å². The lowest BCUT2D eigenvalue weighted by atomic mass is 10.2. The molecule has 1 atom stereocenters. The summed E-state index contributed by atoms with van der Waals surface area (Å²) in [6.45, 7) is 0.504. The minimum absolute atomic E-state index is 0.118. The van der Waals surface area contributed by atoms with Crippen LogP contribution in [0, 0.1) is 0 Å². The first-order valence-electron chi connectivity index (χ1n) is 8.28. The van der Waals surface area contributed by atoms with Gasteiger partial charge in [-0.1, -0.05) is 12.1 Å². The van der Waals surface area contributed by atoms with Crippen LogP contribution >= 0.6 is 12.2 Å². The number of rotatable bonds is 5. The molecular weight excluding hydrogens is 370 g/mol. The van der Waals surface area contributed by atoms with Gasteiger partial charge >= 0.3 is 0 Å². The van der Waals surface area contributed by atoms with Gasteiger partial charge in [-0.05, 0) is 42.4 Å². The molecule has 1 aromatic carbocycles. The number of nitrogens with one attached hydrogen (secondary N) is 1. The fourth-order valence-corrected chi connectivity index (χ4v) is 5.03. The molecule has 1 aliphatic rings. The molecule has 0 spiro atoms. The van der Waals surface area contributed by atoms with Gasteiger partial charge < -0.3 is 15.0 Å². The summed E-state index contributed by atoms with van der Waals surface area (Å²) >= 11 is 5.61. The van der Waals surface area contributed by atoms with Crippen LogP contribution in [-0.4, -0.2) is 48.1 Å². The first kappa shape index (κ1) is 18.6. The molecule has 6 nitrogen and oxygen atoms in total. The Labute approximate surface area is 159 Å². The van der Waals surface area contributed by atoms with E-state index in [-0.39, 0.29) is 17.5 Å². The number of aromatic nitrogens is 1. The van der Waals surface area contributed by atoms with Gasteiger partial charge in [0.2, 0.25) is 0 Å². The second kappa shape index (κ2) is 8.01. The van der Waals surface area contributed by atoms with Crippen molar-refractivity contribution >= 4 is 32.9 Å². The summed E-state index contributed by atoms with van der Waals surface area (Å²) in [5, 5.41) is 3.69. The Hall–Kier alpha value is -2.19. The van der Waals surface area contributed by atoms with Crippen LogP contribution in [0.5, 0.6) is 5.75 Å². The molecule has 0 amide bonds. The lowest BCUT2D eigenvalue weighted by Crippen LogP contribution is -2.43. The first-order chi connectivity index (χ1) is 12.5. The number of anilines is 1. The van der Waals surface area contributed by atoms with Crippen LogP contribution in [0.4, 0.5) is 5.69 Å². The van der Waals surface area contributed by atoms with E-state index in [1.165, 1.54) is 0 Å². The smallest absolute Gasteiger partial charge is 0.174 e. The topological polar surface area (TPSA) is 71.5 Å². The quantitative estimate of drug-likeness (QED) is 0.785. The van der Waals surface area contributed by atoms with Gasteiger partial charge in [0, 0.05) is 36.7 Å². The van der Waals surface area contributed by atoms with Crippen molar-refractivity contribution in [2.24, 2.45) is 0 Å². The summed E-state index contributed by atoms with van der Waals surface area (Å²) in [4.78, 5) is 6.07. The molecule has 0 aliphatic carbocycles. The Bertz CT molecular complexity index is 872. The van der Waals surface area contributed by atoms with E-state index in [0.717, 1.165) is 17.0 Å². The average Bonchev–Trinajstić information content (AvgIpc) is 3.00. The molecule has 2 aromatic rings. The highest BCUT2D eigenvalue weighted by Gasteiger charge is 2.33. The Morgan fingerprint density at radius 3 is 2.88 bits per heavy atom. The molecule has 0 unspecified atom stereocenters. The van der Waals surface area contributed by atoms with E-state index in [1.807, 2.05) is 41.3 Å². The third-order valence-corrected chi connectivity index (χ3v) is 6.39. The lowest BCUT2D eigenvalue weighted by Gasteiger charge is -2.31. The zero-order valence-corrected chi connectivity index (χ0v) is 16.1. The van der Waals surface area contributed by atoms with E-state index in [2.05, 4.69) is 10.3 Å². The largest absolute Gasteiger partial charge is 0.497 e. The van der Waals surface area contributed by atoms with E-state index in [1.54, 1.807) is 19.5 Å². The lowest BCUT2D eigenvalue weighted by molar-refractivity contribution is 0.332. The number of methoxy groups -OCH3 is 1. The maximum Gasteiger partial charge on any atom is 0.174 e. The fourth-order valence-electron chi connectivity index (χ4n) is 2.97. The Balaban J connectivity index is 1.80. The molecule has 1 N–H and O–H groups in total. The highest BCUT2D eigenvalue weighted by atomic mass is 32.2. The SMILES string of the molecule is COc1cccc(NC(=S)N(Cc2cccnc2)[C@H]2CCS(=O)(=O)C2)c1. The van der Waals surface area contributed by atoms with Crippen LogP contribution in [0.2, 0.25) is 0 Å². The van der Waals surface area contributed by atoms with E-state index in [0.29, 0.717) is 18.1 Å². The molecule has 2 heterocycles. The molecule has 138 valence electrons. The summed E-state index contributed by atoms with van der Waals surface area (Å²) in [5.74, 6) is 1.04. The molecule has 1 aromatic heterocycles. The van der Waals surface area contributed by atoms with E-state index < -0.39 is 9.84 Å². The summed E-state index contributed by atoms with van der Waals surface area (Å²) in [6.07, 6.45) is 4.05. The number of sulfone groups is 1. The van der Waals surface area contributed by atoms with Crippen LogP contribution in [0.3, 0.4) is 0 Å². The number of hydrogen-bond donors (Lipinski definition) is 1. The van der Waals surface area contributed by atoms with Gasteiger partial charge in [0.15, 0.2) is 14.9 Å². The monoisotopic (exact) mass is 391 g/mol. The molecule has 26 heavy (non-hydrogen) atoms. The zero-order chi connectivity index (χ0) is 18.6. The Morgan fingerprint density at radius 2 is 2.23 bits per heavy atom. The van der Waals surface area contributed by atoms with Gasteiger partial charge in [-0.2, -0.15) is 0 Å². The standard InChI is InChI=1S/C18H21N3O3S2/c1-24-17-6-2-5-15(10-17)20-18(25)21(12-14-4-3-8-19-11-14)16-7-9-26(22,23)13-16/h2-6,8,10-11,16H,7,9,12-13H2,1H3,(H,20,25)/t16-/m0/s1. The van der Waals surface area contributed by atoms with Crippen LogP contribution < -0.4 is 10.1 Å². The fraction of sp³-hybridized carbons (Fsp3) is 0.333. The maximum absolute atomic E-state index is 11.9. The molecule has 0 bridgehead atoms. The second-order valence-electron chi connectivity index (χ2n) is 6.21. The van der Waals surface area contributed by atoms with Gasteiger partial charge in [-0.25, -0.2) is 8.42 Å². The van der Waals surface area contributed by atoms with Gasteiger partial charge in [-0.3, -0.25) is 4.98 Å². The van der Waals surface area contributed by atoms with Gasteiger partial charge in [0.25, 0.3) is 0 Å². The van der Waals surface area contributed by atoms with Crippen LogP contribution in [0.15, 0.2) is 48.8 Å². The number of benzene rings is 1. The molecule has 1 fully saturated rings. The number of thiocarbonyl (C=S) groups is 1.